The third-order valence-electron chi connectivity index (χ3n) is 14.9. The van der Waals surface area contributed by atoms with Gasteiger partial charge in [0.05, 0.1) is 28.1 Å². The highest BCUT2D eigenvalue weighted by Gasteiger charge is 2.27. The van der Waals surface area contributed by atoms with Crippen LogP contribution in [0.5, 0.6) is 0 Å². The van der Waals surface area contributed by atoms with E-state index < -0.39 is 0 Å². The first-order valence-corrected chi connectivity index (χ1v) is 27.0. The molecule has 0 aliphatic carbocycles. The van der Waals surface area contributed by atoms with E-state index in [0.29, 0.717) is 23.3 Å². The number of hydrogen-bond acceptors (Lipinski definition) is 5. The molecule has 3 aromatic heterocycles. The number of fused-ring (bicyclic) bond motifs is 3. The summed E-state index contributed by atoms with van der Waals surface area (Å²) in [7, 11) is 0. The fraction of sp³-hybridized carbons (Fsp3) is 0.225. The number of hydrogen-bond donors (Lipinski definition) is 0. The van der Waals surface area contributed by atoms with Crippen LogP contribution in [0.3, 0.4) is 0 Å². The number of nitrogens with zero attached hydrogens (tertiary/aromatic N) is 6. The van der Waals surface area contributed by atoms with Crippen LogP contribution in [0, 0.1) is 0 Å². The minimum Gasteiger partial charge on any atom is -0.309 e. The summed E-state index contributed by atoms with van der Waals surface area (Å²) in [6.07, 6.45) is 0. The van der Waals surface area contributed by atoms with Crippen molar-refractivity contribution in [2.45, 2.75) is 105 Å². The molecule has 3 heterocycles. The van der Waals surface area contributed by atoms with E-state index in [1.165, 1.54) is 27.8 Å². The average Bonchev–Trinajstić information content (AvgIpc) is 3.81. The zero-order chi connectivity index (χ0) is 54.0. The molecule has 11 aromatic rings. The topological polar surface area (TPSA) is 69.4 Å². The molecule has 6 heteroatoms. The minimum atomic E-state index is -0.136. The molecule has 6 nitrogen and oxygen atoms in total. The molecule has 0 radical (unpaired) electrons. The van der Waals surface area contributed by atoms with Gasteiger partial charge in [0.15, 0.2) is 23.3 Å². The molecule has 8 aromatic carbocycles. The van der Waals surface area contributed by atoms with Crippen LogP contribution in [0.25, 0.3) is 107 Å². The van der Waals surface area contributed by atoms with Gasteiger partial charge in [-0.05, 0) is 122 Å². The quantitative estimate of drug-likeness (QED) is 0.152. The zero-order valence-electron chi connectivity index (χ0n) is 46.7. The summed E-state index contributed by atoms with van der Waals surface area (Å²) in [4.78, 5) is 27.6. The summed E-state index contributed by atoms with van der Waals surface area (Å²) in [5.41, 5.74) is 17.0. The van der Waals surface area contributed by atoms with Gasteiger partial charge in [0.1, 0.15) is 0 Å². The van der Waals surface area contributed by atoms with Crippen molar-refractivity contribution >= 4 is 21.8 Å². The van der Waals surface area contributed by atoms with E-state index in [1.807, 2.05) is 12.1 Å². The van der Waals surface area contributed by atoms with Crippen molar-refractivity contribution in [1.82, 2.24) is 29.5 Å². The van der Waals surface area contributed by atoms with E-state index in [4.69, 9.17) is 24.9 Å². The Balaban J connectivity index is 1.25. The first kappa shape index (κ1) is 50.8. The Bertz CT molecular complexity index is 3780. The normalized spacial score (nSPS) is 12.4. The monoisotopic (exact) mass is 1000 g/mol. The van der Waals surface area contributed by atoms with E-state index in [2.05, 4.69) is 270 Å². The maximum atomic E-state index is 5.66. The van der Waals surface area contributed by atoms with Crippen LogP contribution in [-0.2, 0) is 21.7 Å². The lowest BCUT2D eigenvalue weighted by atomic mass is 9.79. The minimum absolute atomic E-state index is 0.136. The molecule has 0 fully saturated rings. The molecule has 11 rings (SSSR count). The fourth-order valence-electron chi connectivity index (χ4n) is 10.2. The molecule has 77 heavy (non-hydrogen) atoms. The Kier molecular flexibility index (Phi) is 12.8. The second-order valence-corrected chi connectivity index (χ2v) is 24.8. The highest BCUT2D eigenvalue weighted by Crippen LogP contribution is 2.42. The molecule has 0 bridgehead atoms. The van der Waals surface area contributed by atoms with E-state index in [9.17, 15) is 0 Å². The third kappa shape index (κ3) is 10.3. The van der Waals surface area contributed by atoms with Crippen molar-refractivity contribution in [3.63, 3.8) is 0 Å². The number of aromatic nitrogens is 6. The van der Waals surface area contributed by atoms with Gasteiger partial charge in [-0.2, -0.15) is 0 Å². The Labute approximate surface area is 455 Å². The van der Waals surface area contributed by atoms with Crippen LogP contribution in [0.1, 0.15) is 105 Å². The Morgan fingerprint density at radius 2 is 0.675 bits per heavy atom. The summed E-state index contributed by atoms with van der Waals surface area (Å²) in [6.45, 7) is 27.3. The highest BCUT2D eigenvalue weighted by molar-refractivity contribution is 6.11. The molecule has 0 N–H and O–H groups in total. The van der Waals surface area contributed by atoms with Crippen LogP contribution in [0.15, 0.2) is 194 Å². The van der Waals surface area contributed by atoms with Gasteiger partial charge in [0, 0.05) is 44.2 Å². The first-order chi connectivity index (χ1) is 36.7. The standard InChI is InChI=1S/C71H68N6/c1-68(2,3)52-36-50(37-53(42-52)69(4,5)6)65-74-66(51-38-54(70(7,8)9)43-55(39-51)71(10,11)12)76-67(75-65)58-41-49(64-72-59(46-26-18-14-19-27-46)44-60(73-64)47-28-20-15-21-29-47)33-35-63(58)77-61-31-23-22-30-56(61)57-40-48(32-34-62(57)77)45-24-16-13-17-25-45/h13-44H,1-12H3. The maximum absolute atomic E-state index is 5.66. The Morgan fingerprint density at radius 1 is 0.273 bits per heavy atom. The zero-order valence-corrected chi connectivity index (χ0v) is 46.7. The van der Waals surface area contributed by atoms with E-state index in [1.54, 1.807) is 0 Å². The molecule has 382 valence electrons. The predicted octanol–water partition coefficient (Wildman–Crippen LogP) is 18.6. The number of rotatable bonds is 8. The number of para-hydroxylation sites is 1. The molecule has 0 amide bonds. The molecule has 0 atom stereocenters. The summed E-state index contributed by atoms with van der Waals surface area (Å²) < 4.78 is 2.38. The smallest absolute Gasteiger partial charge is 0.166 e. The second kappa shape index (κ2) is 19.3. The summed E-state index contributed by atoms with van der Waals surface area (Å²) in [5, 5.41) is 2.31. The van der Waals surface area contributed by atoms with Gasteiger partial charge in [-0.1, -0.05) is 210 Å². The van der Waals surface area contributed by atoms with Gasteiger partial charge in [-0.25, -0.2) is 24.9 Å². The second-order valence-electron chi connectivity index (χ2n) is 24.8. The van der Waals surface area contributed by atoms with Crippen molar-refractivity contribution in [2.75, 3.05) is 0 Å². The lowest BCUT2D eigenvalue weighted by molar-refractivity contribution is 0.568. The van der Waals surface area contributed by atoms with Crippen molar-refractivity contribution < 1.29 is 0 Å². The van der Waals surface area contributed by atoms with E-state index >= 15 is 0 Å². The van der Waals surface area contributed by atoms with Crippen LogP contribution in [0.2, 0.25) is 0 Å². The Morgan fingerprint density at radius 3 is 1.16 bits per heavy atom. The van der Waals surface area contributed by atoms with Gasteiger partial charge < -0.3 is 4.57 Å². The summed E-state index contributed by atoms with van der Waals surface area (Å²) in [5.74, 6) is 2.37. The summed E-state index contributed by atoms with van der Waals surface area (Å²) in [6, 6.07) is 69.4. The lowest BCUT2D eigenvalue weighted by Crippen LogP contribution is -2.17. The first-order valence-electron chi connectivity index (χ1n) is 27.0. The van der Waals surface area contributed by atoms with Crippen molar-refractivity contribution in [3.8, 4) is 84.9 Å². The molecule has 0 aliphatic rings. The molecular formula is C71H68N6. The van der Waals surface area contributed by atoms with Crippen LogP contribution in [0.4, 0.5) is 0 Å². The van der Waals surface area contributed by atoms with E-state index in [-0.39, 0.29) is 21.7 Å². The van der Waals surface area contributed by atoms with E-state index in [0.717, 1.165) is 77.8 Å². The van der Waals surface area contributed by atoms with Gasteiger partial charge in [-0.3, -0.25) is 0 Å². The van der Waals surface area contributed by atoms with Gasteiger partial charge in [0.2, 0.25) is 0 Å². The lowest BCUT2D eigenvalue weighted by Gasteiger charge is -2.26. The average molecular weight is 1010 g/mol. The van der Waals surface area contributed by atoms with Crippen molar-refractivity contribution in [1.29, 1.82) is 0 Å². The molecule has 0 saturated carbocycles. The molecule has 0 unspecified atom stereocenters. The van der Waals surface area contributed by atoms with Gasteiger partial charge in [-0.15, -0.1) is 0 Å². The number of benzene rings is 8. The molecule has 0 spiro atoms. The predicted molar refractivity (Wildman–Crippen MR) is 323 cm³/mol. The molecule has 0 aliphatic heterocycles. The highest BCUT2D eigenvalue weighted by atomic mass is 15.1. The van der Waals surface area contributed by atoms with Gasteiger partial charge in [0.25, 0.3) is 0 Å². The van der Waals surface area contributed by atoms with Gasteiger partial charge >= 0.3 is 0 Å². The fourth-order valence-corrected chi connectivity index (χ4v) is 10.2. The largest absolute Gasteiger partial charge is 0.309 e. The maximum Gasteiger partial charge on any atom is 0.166 e. The van der Waals surface area contributed by atoms with Crippen LogP contribution >= 0.6 is 0 Å². The van der Waals surface area contributed by atoms with Crippen LogP contribution < -0.4 is 0 Å². The van der Waals surface area contributed by atoms with Crippen molar-refractivity contribution in [3.05, 3.63) is 216 Å². The third-order valence-corrected chi connectivity index (χ3v) is 14.9. The Hall–Kier alpha value is -8.35. The summed E-state index contributed by atoms with van der Waals surface area (Å²) >= 11 is 0. The molecule has 0 saturated heterocycles. The van der Waals surface area contributed by atoms with Crippen LogP contribution in [-0.4, -0.2) is 29.5 Å². The SMILES string of the molecule is CC(C)(C)c1cc(-c2nc(-c3cc(C(C)(C)C)cc(C(C)(C)C)c3)nc(-c3cc(-c4nc(-c5ccccc5)cc(-c5ccccc5)n4)ccc3-n3c4ccccc4c4cc(-c5ccccc5)ccc43)n2)cc(C(C)(C)C)c1. The van der Waals surface area contributed by atoms with Crippen molar-refractivity contribution in [2.24, 2.45) is 0 Å². The molecular weight excluding hydrogens is 937 g/mol.